The van der Waals surface area contributed by atoms with Crippen molar-refractivity contribution < 1.29 is 27.6 Å². The second kappa shape index (κ2) is 7.10. The molecule has 8 heteroatoms. The first-order chi connectivity index (χ1) is 10.8. The SMILES string of the molecule is O=C(c1ccc(OCc2ccc(Cl)cc2)cc1)C(O)S(=O)(=O)O. The number of ketones is 1. The van der Waals surface area contributed by atoms with E-state index in [0.717, 1.165) is 5.56 Å². The Morgan fingerprint density at radius 1 is 1.09 bits per heavy atom. The van der Waals surface area contributed by atoms with Crippen molar-refractivity contribution in [3.8, 4) is 5.75 Å². The van der Waals surface area contributed by atoms with Gasteiger partial charge in [-0.2, -0.15) is 8.42 Å². The van der Waals surface area contributed by atoms with Gasteiger partial charge in [-0.3, -0.25) is 9.35 Å². The Kier molecular flexibility index (Phi) is 5.38. The summed E-state index contributed by atoms with van der Waals surface area (Å²) in [4.78, 5) is 11.7. The number of aliphatic hydroxyl groups excluding tert-OH is 1. The molecule has 0 aromatic heterocycles. The van der Waals surface area contributed by atoms with Crippen LogP contribution in [-0.4, -0.2) is 29.3 Å². The summed E-state index contributed by atoms with van der Waals surface area (Å²) in [5.41, 5.74) is -1.66. The van der Waals surface area contributed by atoms with Gasteiger partial charge in [0.15, 0.2) is 0 Å². The molecule has 6 nitrogen and oxygen atoms in total. The topological polar surface area (TPSA) is 101 Å². The maximum Gasteiger partial charge on any atom is 0.299 e. The minimum Gasteiger partial charge on any atom is -0.489 e. The van der Waals surface area contributed by atoms with Crippen LogP contribution >= 0.6 is 11.6 Å². The lowest BCUT2D eigenvalue weighted by Gasteiger charge is -2.09. The molecule has 23 heavy (non-hydrogen) atoms. The number of aliphatic hydroxyl groups is 1. The van der Waals surface area contributed by atoms with Crippen molar-refractivity contribution in [1.29, 1.82) is 0 Å². The molecule has 0 radical (unpaired) electrons. The van der Waals surface area contributed by atoms with Crippen LogP contribution < -0.4 is 4.74 Å². The molecule has 1 unspecified atom stereocenters. The van der Waals surface area contributed by atoms with E-state index in [0.29, 0.717) is 10.8 Å². The molecule has 122 valence electrons. The Balaban J connectivity index is 2.02. The summed E-state index contributed by atoms with van der Waals surface area (Å²) in [6.45, 7) is 0.290. The van der Waals surface area contributed by atoms with Crippen molar-refractivity contribution in [3.63, 3.8) is 0 Å². The van der Waals surface area contributed by atoms with Crippen LogP contribution in [0.25, 0.3) is 0 Å². The first-order valence-corrected chi connectivity index (χ1v) is 8.31. The second-order valence-corrected chi connectivity index (χ2v) is 6.58. The average Bonchev–Trinajstić information content (AvgIpc) is 2.52. The third-order valence-electron chi connectivity index (χ3n) is 2.96. The molecule has 2 aromatic carbocycles. The molecule has 0 heterocycles. The second-order valence-electron chi connectivity index (χ2n) is 4.67. The lowest BCUT2D eigenvalue weighted by molar-refractivity contribution is 0.0848. The predicted molar refractivity (Wildman–Crippen MR) is 84.1 cm³/mol. The molecule has 0 saturated heterocycles. The zero-order chi connectivity index (χ0) is 17.0. The number of benzene rings is 2. The Hall–Kier alpha value is -1.93. The van der Waals surface area contributed by atoms with Crippen molar-refractivity contribution in [3.05, 3.63) is 64.7 Å². The zero-order valence-electron chi connectivity index (χ0n) is 11.7. The highest BCUT2D eigenvalue weighted by molar-refractivity contribution is 7.87. The van der Waals surface area contributed by atoms with Crippen LogP contribution in [0.4, 0.5) is 0 Å². The van der Waals surface area contributed by atoms with Gasteiger partial charge in [0.25, 0.3) is 10.1 Å². The predicted octanol–water partition coefficient (Wildman–Crippen LogP) is 2.31. The third-order valence-corrected chi connectivity index (χ3v) is 3.99. The van der Waals surface area contributed by atoms with Crippen LogP contribution in [0.5, 0.6) is 5.75 Å². The van der Waals surface area contributed by atoms with Gasteiger partial charge in [0.2, 0.25) is 11.2 Å². The van der Waals surface area contributed by atoms with Gasteiger partial charge in [-0.25, -0.2) is 0 Å². The van der Waals surface area contributed by atoms with Crippen LogP contribution in [0.3, 0.4) is 0 Å². The van der Waals surface area contributed by atoms with Gasteiger partial charge < -0.3 is 9.84 Å². The minimum atomic E-state index is -4.85. The van der Waals surface area contributed by atoms with Gasteiger partial charge >= 0.3 is 0 Å². The van der Waals surface area contributed by atoms with Crippen LogP contribution in [0, 0.1) is 0 Å². The van der Waals surface area contributed by atoms with Gasteiger partial charge in [0.05, 0.1) is 0 Å². The van der Waals surface area contributed by atoms with E-state index in [4.69, 9.17) is 20.9 Å². The van der Waals surface area contributed by atoms with Crippen molar-refractivity contribution >= 4 is 27.5 Å². The number of ether oxygens (including phenoxy) is 1. The van der Waals surface area contributed by atoms with E-state index in [1.165, 1.54) is 24.3 Å². The summed E-state index contributed by atoms with van der Waals surface area (Å²) in [7, 11) is -4.85. The van der Waals surface area contributed by atoms with Crippen LogP contribution in [0.1, 0.15) is 15.9 Å². The van der Waals surface area contributed by atoms with E-state index in [1.54, 1.807) is 12.1 Å². The zero-order valence-corrected chi connectivity index (χ0v) is 13.3. The number of rotatable bonds is 6. The molecular weight excluding hydrogens is 344 g/mol. The first-order valence-electron chi connectivity index (χ1n) is 6.43. The number of hydrogen-bond acceptors (Lipinski definition) is 5. The fraction of sp³-hybridized carbons (Fsp3) is 0.133. The van der Waals surface area contributed by atoms with E-state index >= 15 is 0 Å². The van der Waals surface area contributed by atoms with Gasteiger partial charge in [-0.05, 0) is 42.0 Å². The summed E-state index contributed by atoms with van der Waals surface area (Å²) in [5.74, 6) is -0.658. The highest BCUT2D eigenvalue weighted by Crippen LogP contribution is 2.17. The third kappa shape index (κ3) is 4.77. The van der Waals surface area contributed by atoms with Crippen LogP contribution in [-0.2, 0) is 16.7 Å². The van der Waals surface area contributed by atoms with Gasteiger partial charge in [0, 0.05) is 10.6 Å². The summed E-state index contributed by atoms with van der Waals surface area (Å²) in [6, 6.07) is 12.6. The van der Waals surface area contributed by atoms with E-state index in [1.807, 2.05) is 12.1 Å². The molecule has 0 aliphatic carbocycles. The van der Waals surface area contributed by atoms with Crippen molar-refractivity contribution in [1.82, 2.24) is 0 Å². The summed E-state index contributed by atoms with van der Waals surface area (Å²) < 4.78 is 35.7. The fourth-order valence-electron chi connectivity index (χ4n) is 1.74. The molecule has 0 bridgehead atoms. The van der Waals surface area contributed by atoms with Gasteiger partial charge in [-0.15, -0.1) is 0 Å². The van der Waals surface area contributed by atoms with Crippen molar-refractivity contribution in [2.24, 2.45) is 0 Å². The summed E-state index contributed by atoms with van der Waals surface area (Å²) in [5, 5.41) is 9.84. The molecule has 2 N–H and O–H groups in total. The molecule has 0 spiro atoms. The van der Waals surface area contributed by atoms with Crippen molar-refractivity contribution in [2.75, 3.05) is 0 Å². The highest BCUT2D eigenvalue weighted by atomic mass is 35.5. The Morgan fingerprint density at radius 2 is 1.65 bits per heavy atom. The molecule has 0 saturated carbocycles. The first kappa shape index (κ1) is 17.4. The van der Waals surface area contributed by atoms with Crippen molar-refractivity contribution in [2.45, 2.75) is 12.0 Å². The number of carbonyl (C=O) groups is 1. The largest absolute Gasteiger partial charge is 0.489 e. The minimum absolute atomic E-state index is 0.0611. The lowest BCUT2D eigenvalue weighted by atomic mass is 10.1. The molecule has 2 rings (SSSR count). The van der Waals surface area contributed by atoms with Crippen LogP contribution in [0.2, 0.25) is 5.02 Å². The number of halogens is 1. The quantitative estimate of drug-likeness (QED) is 0.608. The van der Waals surface area contributed by atoms with E-state index in [2.05, 4.69) is 0 Å². The molecule has 2 aromatic rings. The van der Waals surface area contributed by atoms with E-state index in [9.17, 15) is 18.3 Å². The van der Waals surface area contributed by atoms with E-state index in [-0.39, 0.29) is 12.2 Å². The monoisotopic (exact) mass is 356 g/mol. The lowest BCUT2D eigenvalue weighted by Crippen LogP contribution is -2.29. The molecule has 0 fully saturated rings. The molecular formula is C15H13ClO6S. The maximum absolute atomic E-state index is 11.7. The standard InChI is InChI=1S/C15H13ClO6S/c16-12-5-1-10(2-6-12)9-22-13-7-3-11(4-8-13)14(17)15(18)23(19,20)21/h1-8,15,18H,9H2,(H,19,20,21). The van der Waals surface area contributed by atoms with Gasteiger partial charge in [0.1, 0.15) is 12.4 Å². The average molecular weight is 357 g/mol. The Morgan fingerprint density at radius 3 is 2.17 bits per heavy atom. The molecule has 0 aliphatic heterocycles. The summed E-state index contributed by atoms with van der Waals surface area (Å²) in [6.07, 6.45) is 0. The Bertz CT molecular complexity index is 784. The molecule has 0 amide bonds. The van der Waals surface area contributed by atoms with Crippen LogP contribution in [0.15, 0.2) is 48.5 Å². The molecule has 0 aliphatic rings. The number of carbonyl (C=O) groups excluding carboxylic acids is 1. The summed E-state index contributed by atoms with van der Waals surface area (Å²) >= 11 is 5.78. The van der Waals surface area contributed by atoms with Gasteiger partial charge in [-0.1, -0.05) is 23.7 Å². The number of Topliss-reactive ketones (excluding diaryl/α,β-unsaturated/α-hetero) is 1. The smallest absolute Gasteiger partial charge is 0.299 e. The Labute approximate surface area is 138 Å². The highest BCUT2D eigenvalue weighted by Gasteiger charge is 2.29. The maximum atomic E-state index is 11.7. The fourth-order valence-corrected chi connectivity index (χ4v) is 2.27. The number of hydrogen-bond donors (Lipinski definition) is 2. The van der Waals surface area contributed by atoms with E-state index < -0.39 is 21.3 Å². The normalized spacial score (nSPS) is 12.7. The molecule has 1 atom stereocenters.